The van der Waals surface area contributed by atoms with E-state index in [-0.39, 0.29) is 13.0 Å². The first kappa shape index (κ1) is 26.4. The summed E-state index contributed by atoms with van der Waals surface area (Å²) in [4.78, 5) is 36.0. The highest BCUT2D eigenvalue weighted by molar-refractivity contribution is 5.83. The SMILES string of the molecule is Cc1ccccc1-c1cnc(N(C)CCO)nc1N[C@@H](Cc1ccc(OC(=O)N(C)C)cc1)C(=O)O. The van der Waals surface area contributed by atoms with E-state index in [0.29, 0.717) is 29.6 Å². The predicted molar refractivity (Wildman–Crippen MR) is 137 cm³/mol. The second-order valence-electron chi connectivity index (χ2n) is 8.54. The number of hydrogen-bond acceptors (Lipinski definition) is 8. The molecule has 10 nitrogen and oxygen atoms in total. The molecule has 3 aromatic rings. The van der Waals surface area contributed by atoms with Crippen LogP contribution < -0.4 is 15.0 Å². The van der Waals surface area contributed by atoms with Crippen molar-refractivity contribution >= 4 is 23.8 Å². The summed E-state index contributed by atoms with van der Waals surface area (Å²) in [6, 6.07) is 13.4. The van der Waals surface area contributed by atoms with Crippen LogP contribution in [0.3, 0.4) is 0 Å². The Labute approximate surface area is 210 Å². The summed E-state index contributed by atoms with van der Waals surface area (Å²) >= 11 is 0. The zero-order valence-corrected chi connectivity index (χ0v) is 20.8. The standard InChI is InChI=1S/C26H31N5O5/c1-17-7-5-6-8-20(17)21-16-27-25(31(4)13-14-32)29-23(21)28-22(24(33)34)15-18-9-11-19(12-10-18)36-26(35)30(2)3/h5-12,16,22,32H,13-15H2,1-4H3,(H,33,34)(H,27,28,29)/t22-/m0/s1. The highest BCUT2D eigenvalue weighted by Gasteiger charge is 2.22. The Morgan fingerprint density at radius 1 is 1.06 bits per heavy atom. The zero-order chi connectivity index (χ0) is 26.2. The monoisotopic (exact) mass is 493 g/mol. The Morgan fingerprint density at radius 2 is 1.75 bits per heavy atom. The summed E-state index contributed by atoms with van der Waals surface area (Å²) in [7, 11) is 4.93. The van der Waals surface area contributed by atoms with E-state index in [1.165, 1.54) is 4.90 Å². The lowest BCUT2D eigenvalue weighted by atomic mass is 10.0. The molecule has 0 spiro atoms. The van der Waals surface area contributed by atoms with Gasteiger partial charge in [-0.15, -0.1) is 0 Å². The molecule has 3 N–H and O–H groups in total. The van der Waals surface area contributed by atoms with Gasteiger partial charge in [-0.05, 0) is 35.7 Å². The van der Waals surface area contributed by atoms with Gasteiger partial charge in [-0.25, -0.2) is 14.6 Å². The number of carboxylic acids is 1. The molecule has 10 heteroatoms. The van der Waals surface area contributed by atoms with Crippen molar-refractivity contribution in [2.45, 2.75) is 19.4 Å². The van der Waals surface area contributed by atoms with Crippen LogP contribution in [0.1, 0.15) is 11.1 Å². The first-order valence-corrected chi connectivity index (χ1v) is 11.4. The number of carboxylic acid groups (broad SMARTS) is 1. The summed E-state index contributed by atoms with van der Waals surface area (Å²) in [5, 5.41) is 22.4. The molecule has 0 saturated heterocycles. The number of aryl methyl sites for hydroxylation is 1. The fraction of sp³-hybridized carbons (Fsp3) is 0.308. The fourth-order valence-electron chi connectivity index (χ4n) is 3.48. The number of aromatic nitrogens is 2. The molecule has 0 saturated carbocycles. The van der Waals surface area contributed by atoms with Crippen molar-refractivity contribution in [3.05, 3.63) is 65.9 Å². The minimum Gasteiger partial charge on any atom is -0.480 e. The summed E-state index contributed by atoms with van der Waals surface area (Å²) in [6.07, 6.45) is 1.33. The lowest BCUT2D eigenvalue weighted by Crippen LogP contribution is -2.32. The summed E-state index contributed by atoms with van der Waals surface area (Å²) in [6.45, 7) is 2.22. The highest BCUT2D eigenvalue weighted by atomic mass is 16.6. The van der Waals surface area contributed by atoms with Crippen LogP contribution in [0.2, 0.25) is 0 Å². The Balaban J connectivity index is 1.90. The Bertz CT molecular complexity index is 1200. The molecule has 2 aromatic carbocycles. The highest BCUT2D eigenvalue weighted by Crippen LogP contribution is 2.30. The molecule has 1 heterocycles. The molecule has 0 bridgehead atoms. The Hall–Kier alpha value is -4.18. The lowest BCUT2D eigenvalue weighted by Gasteiger charge is -2.21. The van der Waals surface area contributed by atoms with Crippen LogP contribution >= 0.6 is 0 Å². The van der Waals surface area contributed by atoms with Crippen LogP contribution in [0, 0.1) is 6.92 Å². The number of carbonyl (C=O) groups excluding carboxylic acids is 1. The Kier molecular flexibility index (Phi) is 8.80. The van der Waals surface area contributed by atoms with Crippen molar-refractivity contribution in [2.75, 3.05) is 44.5 Å². The van der Waals surface area contributed by atoms with E-state index in [2.05, 4.69) is 15.3 Å². The number of hydrogen-bond donors (Lipinski definition) is 3. The smallest absolute Gasteiger partial charge is 0.414 e. The fourth-order valence-corrected chi connectivity index (χ4v) is 3.48. The molecule has 3 rings (SSSR count). The first-order chi connectivity index (χ1) is 17.2. The topological polar surface area (TPSA) is 128 Å². The van der Waals surface area contributed by atoms with Crippen molar-refractivity contribution in [3.63, 3.8) is 0 Å². The maximum atomic E-state index is 12.2. The van der Waals surface area contributed by atoms with Crippen molar-refractivity contribution in [1.82, 2.24) is 14.9 Å². The second kappa shape index (κ2) is 12.0. The van der Waals surface area contributed by atoms with Crippen LogP contribution in [-0.2, 0) is 11.2 Å². The molecule has 1 aromatic heterocycles. The van der Waals surface area contributed by atoms with Gasteiger partial charge in [-0.3, -0.25) is 0 Å². The number of likely N-dealkylation sites (N-methyl/N-ethyl adjacent to an activating group) is 1. The number of nitrogens with one attached hydrogen (secondary N) is 1. The molecule has 1 amide bonds. The molecule has 36 heavy (non-hydrogen) atoms. The number of benzene rings is 2. The van der Waals surface area contributed by atoms with Crippen LogP contribution in [-0.4, -0.2) is 77.5 Å². The van der Waals surface area contributed by atoms with Gasteiger partial charge in [0.05, 0.1) is 6.61 Å². The van der Waals surface area contributed by atoms with Gasteiger partial charge in [0, 0.05) is 45.9 Å². The summed E-state index contributed by atoms with van der Waals surface area (Å²) in [5.74, 6) is 0.0623. The van der Waals surface area contributed by atoms with E-state index in [9.17, 15) is 19.8 Å². The number of rotatable bonds is 10. The number of aliphatic hydroxyl groups is 1. The second-order valence-corrected chi connectivity index (χ2v) is 8.54. The average molecular weight is 494 g/mol. The van der Waals surface area contributed by atoms with Gasteiger partial charge in [0.15, 0.2) is 0 Å². The molecule has 1 atom stereocenters. The number of aliphatic carboxylic acids is 1. The maximum absolute atomic E-state index is 12.2. The largest absolute Gasteiger partial charge is 0.480 e. The summed E-state index contributed by atoms with van der Waals surface area (Å²) in [5.41, 5.74) is 3.29. The third-order valence-corrected chi connectivity index (χ3v) is 5.53. The lowest BCUT2D eigenvalue weighted by molar-refractivity contribution is -0.137. The number of amides is 1. The van der Waals surface area contributed by atoms with E-state index in [1.54, 1.807) is 56.5 Å². The predicted octanol–water partition coefficient (Wildman–Crippen LogP) is 3.05. The maximum Gasteiger partial charge on any atom is 0.414 e. The molecule has 0 aliphatic heterocycles. The van der Waals surface area contributed by atoms with Gasteiger partial charge in [-0.2, -0.15) is 4.98 Å². The van der Waals surface area contributed by atoms with Gasteiger partial charge in [0.2, 0.25) is 5.95 Å². The molecular weight excluding hydrogens is 462 g/mol. The molecule has 0 unspecified atom stereocenters. The molecule has 0 fully saturated rings. The van der Waals surface area contributed by atoms with E-state index in [0.717, 1.165) is 16.7 Å². The van der Waals surface area contributed by atoms with Crippen LogP contribution in [0.4, 0.5) is 16.6 Å². The number of aliphatic hydroxyl groups excluding tert-OH is 1. The zero-order valence-electron chi connectivity index (χ0n) is 20.8. The van der Waals surface area contributed by atoms with Gasteiger partial charge in [0.1, 0.15) is 17.6 Å². The average Bonchev–Trinajstić information content (AvgIpc) is 2.85. The normalized spacial score (nSPS) is 11.5. The van der Waals surface area contributed by atoms with Gasteiger partial charge >= 0.3 is 12.1 Å². The minimum atomic E-state index is -1.04. The van der Waals surface area contributed by atoms with Gasteiger partial charge in [0.25, 0.3) is 0 Å². The van der Waals surface area contributed by atoms with Crippen molar-refractivity contribution in [2.24, 2.45) is 0 Å². The number of anilines is 2. The number of nitrogens with zero attached hydrogens (tertiary/aromatic N) is 4. The third-order valence-electron chi connectivity index (χ3n) is 5.53. The quantitative estimate of drug-likeness (QED) is 0.390. The van der Waals surface area contributed by atoms with Crippen LogP contribution in [0.25, 0.3) is 11.1 Å². The van der Waals surface area contributed by atoms with E-state index < -0.39 is 18.1 Å². The van der Waals surface area contributed by atoms with Crippen LogP contribution in [0.5, 0.6) is 5.75 Å². The van der Waals surface area contributed by atoms with E-state index >= 15 is 0 Å². The molecular formula is C26H31N5O5. The number of ether oxygens (including phenoxy) is 1. The molecule has 0 aliphatic carbocycles. The molecule has 0 radical (unpaired) electrons. The summed E-state index contributed by atoms with van der Waals surface area (Å²) < 4.78 is 5.23. The van der Waals surface area contributed by atoms with E-state index in [1.807, 2.05) is 31.2 Å². The van der Waals surface area contributed by atoms with Crippen molar-refractivity contribution in [3.8, 4) is 16.9 Å². The van der Waals surface area contributed by atoms with Crippen molar-refractivity contribution in [1.29, 1.82) is 0 Å². The third kappa shape index (κ3) is 6.70. The van der Waals surface area contributed by atoms with E-state index in [4.69, 9.17) is 4.74 Å². The van der Waals surface area contributed by atoms with Crippen LogP contribution in [0.15, 0.2) is 54.7 Å². The number of carbonyl (C=O) groups is 2. The molecule has 190 valence electrons. The Morgan fingerprint density at radius 3 is 2.36 bits per heavy atom. The minimum absolute atomic E-state index is 0.0697. The van der Waals surface area contributed by atoms with Gasteiger partial charge in [-0.1, -0.05) is 36.4 Å². The van der Waals surface area contributed by atoms with Gasteiger partial charge < -0.3 is 30.1 Å². The van der Waals surface area contributed by atoms with Crippen molar-refractivity contribution < 1.29 is 24.5 Å². The first-order valence-electron chi connectivity index (χ1n) is 11.4. The molecule has 0 aliphatic rings.